The fourth-order valence-corrected chi connectivity index (χ4v) is 3.49. The highest BCUT2D eigenvalue weighted by molar-refractivity contribution is 7.99. The molecule has 1 heterocycles. The molecule has 3 aromatic rings. The number of rotatable bonds is 9. The molecule has 0 aliphatic rings. The van der Waals surface area contributed by atoms with Crippen LogP contribution in [-0.4, -0.2) is 39.0 Å². The number of carbonyl (C=O) groups is 2. The van der Waals surface area contributed by atoms with Crippen LogP contribution in [-0.2, 0) is 23.2 Å². The van der Waals surface area contributed by atoms with Gasteiger partial charge in [-0.2, -0.15) is 0 Å². The van der Waals surface area contributed by atoms with E-state index in [0.717, 1.165) is 0 Å². The molecule has 3 rings (SSSR count). The summed E-state index contributed by atoms with van der Waals surface area (Å²) in [4.78, 5) is 24.1. The van der Waals surface area contributed by atoms with Gasteiger partial charge in [0.25, 0.3) is 0 Å². The lowest BCUT2D eigenvalue weighted by Gasteiger charge is -2.08. The van der Waals surface area contributed by atoms with Gasteiger partial charge in [-0.25, -0.2) is 4.79 Å². The molecule has 1 N–H and O–H groups in total. The van der Waals surface area contributed by atoms with Gasteiger partial charge < -0.3 is 19.4 Å². The fourth-order valence-electron chi connectivity index (χ4n) is 2.57. The number of hydrogen-bond donors (Lipinski definition) is 1. The van der Waals surface area contributed by atoms with E-state index in [1.807, 2.05) is 12.1 Å². The molecule has 0 aliphatic heterocycles. The van der Waals surface area contributed by atoms with E-state index in [2.05, 4.69) is 15.5 Å². The minimum Gasteiger partial charge on any atom is -0.484 e. The highest BCUT2D eigenvalue weighted by Crippen LogP contribution is 2.24. The summed E-state index contributed by atoms with van der Waals surface area (Å²) in [5, 5.41) is 12.1. The van der Waals surface area contributed by atoms with Crippen molar-refractivity contribution in [1.29, 1.82) is 0 Å². The first kappa shape index (κ1) is 22.6. The van der Waals surface area contributed by atoms with Gasteiger partial charge in [-0.1, -0.05) is 41.6 Å². The number of hydrogen-bond acceptors (Lipinski definition) is 7. The summed E-state index contributed by atoms with van der Waals surface area (Å²) in [5.41, 5.74) is 0.895. The zero-order valence-corrected chi connectivity index (χ0v) is 18.6. The lowest BCUT2D eigenvalue weighted by atomic mass is 10.2. The van der Waals surface area contributed by atoms with Crippen LogP contribution in [0.4, 0.5) is 5.69 Å². The Morgan fingerprint density at radius 2 is 1.97 bits per heavy atom. The fraction of sp³-hybridized carbons (Fsp3) is 0.238. The smallest absolute Gasteiger partial charge is 0.338 e. The number of benzene rings is 2. The number of para-hydroxylation sites is 1. The average Bonchev–Trinajstić information content (AvgIpc) is 3.11. The number of ether oxygens (including phenoxy) is 2. The summed E-state index contributed by atoms with van der Waals surface area (Å²) in [6, 6.07) is 13.8. The van der Waals surface area contributed by atoms with Crippen LogP contribution in [0.5, 0.6) is 5.75 Å². The van der Waals surface area contributed by atoms with Crippen molar-refractivity contribution in [2.45, 2.75) is 18.7 Å². The van der Waals surface area contributed by atoms with Gasteiger partial charge in [0.05, 0.1) is 22.9 Å². The highest BCUT2D eigenvalue weighted by Gasteiger charge is 2.13. The second kappa shape index (κ2) is 10.8. The first-order chi connectivity index (χ1) is 15.0. The van der Waals surface area contributed by atoms with E-state index >= 15 is 0 Å². The number of anilines is 1. The number of amides is 1. The maximum atomic E-state index is 12.3. The first-order valence-corrected chi connectivity index (χ1v) is 10.8. The van der Waals surface area contributed by atoms with Crippen LogP contribution in [0.15, 0.2) is 53.7 Å². The number of halogens is 1. The molecule has 0 bridgehead atoms. The van der Waals surface area contributed by atoms with E-state index in [0.29, 0.717) is 33.0 Å². The molecular formula is C21H21ClN4O4S. The van der Waals surface area contributed by atoms with Gasteiger partial charge >= 0.3 is 5.97 Å². The van der Waals surface area contributed by atoms with Gasteiger partial charge in [0.15, 0.2) is 11.0 Å². The van der Waals surface area contributed by atoms with E-state index in [9.17, 15) is 9.59 Å². The van der Waals surface area contributed by atoms with Crippen LogP contribution in [0, 0.1) is 0 Å². The monoisotopic (exact) mass is 460 g/mol. The second-order valence-corrected chi connectivity index (χ2v) is 7.66. The third-order valence-electron chi connectivity index (χ3n) is 4.11. The Morgan fingerprint density at radius 3 is 2.74 bits per heavy atom. The maximum absolute atomic E-state index is 12.3. The Labute approximate surface area is 188 Å². The number of esters is 1. The van der Waals surface area contributed by atoms with E-state index in [1.54, 1.807) is 54.9 Å². The van der Waals surface area contributed by atoms with Crippen molar-refractivity contribution in [1.82, 2.24) is 14.8 Å². The summed E-state index contributed by atoms with van der Waals surface area (Å²) in [6.07, 6.45) is 0. The van der Waals surface area contributed by atoms with Gasteiger partial charge in [-0.3, -0.25) is 4.79 Å². The van der Waals surface area contributed by atoms with Crippen LogP contribution >= 0.6 is 23.4 Å². The molecule has 0 aliphatic carbocycles. The molecule has 0 unspecified atom stereocenters. The molecule has 162 valence electrons. The van der Waals surface area contributed by atoms with Crippen molar-refractivity contribution in [3.8, 4) is 5.75 Å². The minimum absolute atomic E-state index is 0.126. The van der Waals surface area contributed by atoms with Crippen molar-refractivity contribution in [3.63, 3.8) is 0 Å². The second-order valence-electron chi connectivity index (χ2n) is 6.32. The number of nitrogens with zero attached hydrogens (tertiary/aromatic N) is 3. The van der Waals surface area contributed by atoms with Crippen molar-refractivity contribution < 1.29 is 19.1 Å². The summed E-state index contributed by atoms with van der Waals surface area (Å²) in [5.74, 6) is 0.623. The zero-order valence-electron chi connectivity index (χ0n) is 17.0. The summed E-state index contributed by atoms with van der Waals surface area (Å²) < 4.78 is 12.4. The molecule has 0 radical (unpaired) electrons. The van der Waals surface area contributed by atoms with E-state index in [-0.39, 0.29) is 24.9 Å². The summed E-state index contributed by atoms with van der Waals surface area (Å²) in [6.45, 7) is 2.22. The van der Waals surface area contributed by atoms with Crippen LogP contribution < -0.4 is 10.1 Å². The predicted molar refractivity (Wildman–Crippen MR) is 119 cm³/mol. The van der Waals surface area contributed by atoms with Crippen molar-refractivity contribution in [2.75, 3.05) is 17.7 Å². The standard InChI is InChI=1S/C21H21ClN4O4S/c1-3-29-20(28)14-7-6-8-15(11-14)23-19(27)13-31-21-25-24-18(26(21)2)12-30-17-10-5-4-9-16(17)22/h4-11H,3,12-13H2,1-2H3,(H,23,27). The minimum atomic E-state index is -0.432. The third-order valence-corrected chi connectivity index (χ3v) is 5.44. The largest absolute Gasteiger partial charge is 0.484 e. The zero-order chi connectivity index (χ0) is 22.2. The quantitative estimate of drug-likeness (QED) is 0.381. The van der Waals surface area contributed by atoms with Crippen LogP contribution in [0.2, 0.25) is 5.02 Å². The lowest BCUT2D eigenvalue weighted by molar-refractivity contribution is -0.113. The van der Waals surface area contributed by atoms with Crippen molar-refractivity contribution in [2.24, 2.45) is 7.05 Å². The molecule has 0 spiro atoms. The predicted octanol–water partition coefficient (Wildman–Crippen LogP) is 3.96. The number of nitrogens with one attached hydrogen (secondary N) is 1. The van der Waals surface area contributed by atoms with Gasteiger partial charge in [-0.05, 0) is 37.3 Å². The van der Waals surface area contributed by atoms with Crippen molar-refractivity contribution in [3.05, 3.63) is 64.9 Å². The SMILES string of the molecule is CCOC(=O)c1cccc(NC(=O)CSc2nnc(COc3ccccc3Cl)n2C)c1. The molecule has 10 heteroatoms. The average molecular weight is 461 g/mol. The van der Waals surface area contributed by atoms with E-state index < -0.39 is 5.97 Å². The van der Waals surface area contributed by atoms with Crippen LogP contribution in [0.3, 0.4) is 0 Å². The summed E-state index contributed by atoms with van der Waals surface area (Å²) >= 11 is 7.33. The summed E-state index contributed by atoms with van der Waals surface area (Å²) in [7, 11) is 1.80. The number of thioether (sulfide) groups is 1. The molecule has 0 atom stereocenters. The first-order valence-electron chi connectivity index (χ1n) is 9.43. The number of carbonyl (C=O) groups excluding carboxylic acids is 2. The Morgan fingerprint density at radius 1 is 1.16 bits per heavy atom. The Balaban J connectivity index is 1.53. The molecule has 1 amide bonds. The topological polar surface area (TPSA) is 95.3 Å². The third kappa shape index (κ3) is 6.22. The Hall–Kier alpha value is -3.04. The van der Waals surface area contributed by atoms with Gasteiger partial charge in [0.1, 0.15) is 12.4 Å². The van der Waals surface area contributed by atoms with Gasteiger partial charge in [0.2, 0.25) is 5.91 Å². The molecule has 8 nitrogen and oxygen atoms in total. The highest BCUT2D eigenvalue weighted by atomic mass is 35.5. The molecule has 31 heavy (non-hydrogen) atoms. The van der Waals surface area contributed by atoms with Gasteiger partial charge in [0, 0.05) is 12.7 Å². The van der Waals surface area contributed by atoms with Crippen LogP contribution in [0.1, 0.15) is 23.1 Å². The van der Waals surface area contributed by atoms with Crippen LogP contribution in [0.25, 0.3) is 0 Å². The molecule has 1 aromatic heterocycles. The molecular weight excluding hydrogens is 440 g/mol. The van der Waals surface area contributed by atoms with Crippen molar-refractivity contribution >= 4 is 40.9 Å². The number of aromatic nitrogens is 3. The maximum Gasteiger partial charge on any atom is 0.338 e. The normalized spacial score (nSPS) is 10.5. The molecule has 0 fully saturated rings. The molecule has 0 saturated carbocycles. The van der Waals surface area contributed by atoms with E-state index in [1.165, 1.54) is 11.8 Å². The van der Waals surface area contributed by atoms with Gasteiger partial charge in [-0.15, -0.1) is 10.2 Å². The lowest BCUT2D eigenvalue weighted by Crippen LogP contribution is -2.15. The Bertz CT molecular complexity index is 1070. The molecule has 0 saturated heterocycles. The van der Waals surface area contributed by atoms with E-state index in [4.69, 9.17) is 21.1 Å². The Kier molecular flexibility index (Phi) is 7.91. The molecule has 2 aromatic carbocycles.